The van der Waals surface area contributed by atoms with E-state index in [0.29, 0.717) is 5.39 Å². The number of hydrogen-bond donors (Lipinski definition) is 2. The van der Waals surface area contributed by atoms with Crippen molar-refractivity contribution in [2.24, 2.45) is 5.18 Å². The summed E-state index contributed by atoms with van der Waals surface area (Å²) in [6.07, 6.45) is 1.45. The normalized spacial score (nSPS) is 10.3. The SMILES string of the molecule is O=Nc1cc(O)c2cccnc2c1O. The summed E-state index contributed by atoms with van der Waals surface area (Å²) in [6, 6.07) is 4.31. The highest BCUT2D eigenvalue weighted by molar-refractivity contribution is 5.93. The molecule has 0 atom stereocenters. The lowest BCUT2D eigenvalue weighted by atomic mass is 10.1. The van der Waals surface area contributed by atoms with Gasteiger partial charge in [-0.15, -0.1) is 4.91 Å². The lowest BCUT2D eigenvalue weighted by molar-refractivity contribution is 0.470. The zero-order valence-electron chi connectivity index (χ0n) is 7.01. The van der Waals surface area contributed by atoms with Crippen LogP contribution in [-0.2, 0) is 0 Å². The molecule has 2 rings (SSSR count). The third-order valence-electron chi connectivity index (χ3n) is 1.92. The van der Waals surface area contributed by atoms with Crippen LogP contribution in [0.15, 0.2) is 29.6 Å². The Morgan fingerprint density at radius 3 is 2.86 bits per heavy atom. The van der Waals surface area contributed by atoms with Crippen molar-refractivity contribution in [3.8, 4) is 11.5 Å². The van der Waals surface area contributed by atoms with Crippen molar-refractivity contribution < 1.29 is 10.2 Å². The van der Waals surface area contributed by atoms with E-state index in [2.05, 4.69) is 10.2 Å². The number of nitrogens with zero attached hydrogens (tertiary/aromatic N) is 2. The molecule has 0 radical (unpaired) electrons. The molecule has 0 aliphatic heterocycles. The molecule has 0 amide bonds. The molecule has 0 saturated carbocycles. The molecule has 0 aliphatic rings. The summed E-state index contributed by atoms with van der Waals surface area (Å²) in [6.45, 7) is 0. The molecular weight excluding hydrogens is 184 g/mol. The first-order valence-electron chi connectivity index (χ1n) is 3.87. The van der Waals surface area contributed by atoms with E-state index >= 15 is 0 Å². The third kappa shape index (κ3) is 1.06. The summed E-state index contributed by atoms with van der Waals surface area (Å²) in [5, 5.41) is 21.9. The predicted octanol–water partition coefficient (Wildman–Crippen LogP) is 2.04. The highest BCUT2D eigenvalue weighted by atomic mass is 16.3. The summed E-state index contributed by atoms with van der Waals surface area (Å²) < 4.78 is 0. The van der Waals surface area contributed by atoms with Crippen LogP contribution in [0.4, 0.5) is 5.69 Å². The summed E-state index contributed by atoms with van der Waals surface area (Å²) in [7, 11) is 0. The molecule has 2 aromatic rings. The molecule has 5 nitrogen and oxygen atoms in total. The van der Waals surface area contributed by atoms with Crippen LogP contribution in [0, 0.1) is 4.91 Å². The lowest BCUT2D eigenvalue weighted by Gasteiger charge is -2.03. The Bertz CT molecular complexity index is 511. The van der Waals surface area contributed by atoms with Gasteiger partial charge in [0.2, 0.25) is 0 Å². The van der Waals surface area contributed by atoms with Crippen molar-refractivity contribution >= 4 is 16.6 Å². The summed E-state index contributed by atoms with van der Waals surface area (Å²) in [5.41, 5.74) is -0.0456. The van der Waals surface area contributed by atoms with Crippen LogP contribution >= 0.6 is 0 Å². The van der Waals surface area contributed by atoms with Crippen LogP contribution in [-0.4, -0.2) is 15.2 Å². The average Bonchev–Trinajstić information content (AvgIpc) is 2.23. The molecule has 0 bridgehead atoms. The van der Waals surface area contributed by atoms with E-state index in [1.807, 2.05) is 0 Å². The topological polar surface area (TPSA) is 82.8 Å². The monoisotopic (exact) mass is 190 g/mol. The second-order valence-corrected chi connectivity index (χ2v) is 2.75. The van der Waals surface area contributed by atoms with Crippen molar-refractivity contribution in [2.45, 2.75) is 0 Å². The number of phenolic OH excluding ortho intramolecular Hbond substituents is 2. The average molecular weight is 190 g/mol. The number of benzene rings is 1. The lowest BCUT2D eigenvalue weighted by Crippen LogP contribution is -1.80. The molecule has 0 fully saturated rings. The van der Waals surface area contributed by atoms with E-state index in [9.17, 15) is 15.1 Å². The number of phenols is 2. The van der Waals surface area contributed by atoms with Gasteiger partial charge < -0.3 is 10.2 Å². The summed E-state index contributed by atoms with van der Waals surface area (Å²) in [4.78, 5) is 14.1. The molecule has 2 N–H and O–H groups in total. The maximum absolute atomic E-state index is 10.3. The van der Waals surface area contributed by atoms with Crippen molar-refractivity contribution in [1.82, 2.24) is 4.98 Å². The van der Waals surface area contributed by atoms with E-state index in [0.717, 1.165) is 6.07 Å². The minimum absolute atomic E-state index is 0.125. The van der Waals surface area contributed by atoms with Crippen LogP contribution in [0.25, 0.3) is 10.9 Å². The number of fused-ring (bicyclic) bond motifs is 1. The number of nitroso groups, excluding NO2 is 1. The third-order valence-corrected chi connectivity index (χ3v) is 1.92. The molecule has 0 unspecified atom stereocenters. The predicted molar refractivity (Wildman–Crippen MR) is 50.5 cm³/mol. The van der Waals surface area contributed by atoms with Crippen LogP contribution in [0.1, 0.15) is 0 Å². The Hall–Kier alpha value is -2.17. The number of hydrogen-bond acceptors (Lipinski definition) is 5. The Morgan fingerprint density at radius 2 is 2.14 bits per heavy atom. The first-order chi connectivity index (χ1) is 6.74. The molecule has 0 saturated heterocycles. The molecule has 0 spiro atoms. The highest BCUT2D eigenvalue weighted by Gasteiger charge is 2.11. The number of aromatic hydroxyl groups is 2. The first kappa shape index (κ1) is 8.43. The highest BCUT2D eigenvalue weighted by Crippen LogP contribution is 2.38. The fraction of sp³-hybridized carbons (Fsp3) is 0. The van der Waals surface area contributed by atoms with E-state index in [1.165, 1.54) is 6.20 Å². The second-order valence-electron chi connectivity index (χ2n) is 2.75. The van der Waals surface area contributed by atoms with Crippen LogP contribution < -0.4 is 0 Å². The second kappa shape index (κ2) is 2.95. The van der Waals surface area contributed by atoms with Crippen LogP contribution in [0.5, 0.6) is 11.5 Å². The molecule has 0 aliphatic carbocycles. The van der Waals surface area contributed by atoms with Crippen molar-refractivity contribution in [3.05, 3.63) is 29.3 Å². The van der Waals surface area contributed by atoms with Gasteiger partial charge in [-0.2, -0.15) is 0 Å². The first-order valence-corrected chi connectivity index (χ1v) is 3.87. The maximum Gasteiger partial charge on any atom is 0.171 e. The Labute approximate surface area is 78.6 Å². The largest absolute Gasteiger partial charge is 0.507 e. The molecule has 14 heavy (non-hydrogen) atoms. The Morgan fingerprint density at radius 1 is 1.36 bits per heavy atom. The van der Waals surface area contributed by atoms with Gasteiger partial charge in [0.1, 0.15) is 11.3 Å². The summed E-state index contributed by atoms with van der Waals surface area (Å²) >= 11 is 0. The molecule has 1 aromatic heterocycles. The smallest absolute Gasteiger partial charge is 0.171 e. The maximum atomic E-state index is 10.3. The fourth-order valence-electron chi connectivity index (χ4n) is 1.27. The van der Waals surface area contributed by atoms with E-state index in [-0.39, 0.29) is 22.7 Å². The molecule has 70 valence electrons. The van der Waals surface area contributed by atoms with Crippen LogP contribution in [0.2, 0.25) is 0 Å². The van der Waals surface area contributed by atoms with E-state index in [1.54, 1.807) is 12.1 Å². The van der Waals surface area contributed by atoms with Crippen molar-refractivity contribution in [3.63, 3.8) is 0 Å². The van der Waals surface area contributed by atoms with Gasteiger partial charge in [0.25, 0.3) is 0 Å². The van der Waals surface area contributed by atoms with Gasteiger partial charge in [0.05, 0.1) is 0 Å². The van der Waals surface area contributed by atoms with Crippen molar-refractivity contribution in [2.75, 3.05) is 0 Å². The van der Waals surface area contributed by atoms with E-state index < -0.39 is 0 Å². The number of rotatable bonds is 1. The van der Waals surface area contributed by atoms with Crippen LogP contribution in [0.3, 0.4) is 0 Å². The quantitative estimate of drug-likeness (QED) is 0.532. The molecule has 5 heteroatoms. The van der Waals surface area contributed by atoms with Gasteiger partial charge in [-0.3, -0.25) is 4.98 Å². The van der Waals surface area contributed by atoms with Gasteiger partial charge in [-0.1, -0.05) is 0 Å². The zero-order chi connectivity index (χ0) is 10.1. The van der Waals surface area contributed by atoms with E-state index in [4.69, 9.17) is 0 Å². The molecule has 1 heterocycles. The Kier molecular flexibility index (Phi) is 1.78. The van der Waals surface area contributed by atoms with Gasteiger partial charge in [0.15, 0.2) is 11.4 Å². The molecule has 1 aromatic carbocycles. The Balaban J connectivity index is 2.94. The standard InChI is InChI=1S/C9H6N2O3/c12-7-4-6(11-14)9(13)8-5(7)2-1-3-10-8/h1-4,12-13H. The number of pyridine rings is 1. The zero-order valence-corrected chi connectivity index (χ0v) is 7.01. The number of aromatic nitrogens is 1. The molecular formula is C9H6N2O3. The summed E-state index contributed by atoms with van der Waals surface area (Å²) in [5.74, 6) is -0.436. The minimum atomic E-state index is -0.312. The van der Waals surface area contributed by atoms with Gasteiger partial charge >= 0.3 is 0 Å². The van der Waals surface area contributed by atoms with Gasteiger partial charge in [-0.05, 0) is 17.3 Å². The van der Waals surface area contributed by atoms with Gasteiger partial charge in [0, 0.05) is 17.6 Å². The fourth-order valence-corrected chi connectivity index (χ4v) is 1.27. The minimum Gasteiger partial charge on any atom is -0.507 e. The van der Waals surface area contributed by atoms with Crippen molar-refractivity contribution in [1.29, 1.82) is 0 Å². The van der Waals surface area contributed by atoms with Gasteiger partial charge in [-0.25, -0.2) is 0 Å².